The highest BCUT2D eigenvalue weighted by molar-refractivity contribution is 7.92. The van der Waals surface area contributed by atoms with Crippen molar-refractivity contribution in [3.8, 4) is 0 Å². The third-order valence-electron chi connectivity index (χ3n) is 2.03. The van der Waals surface area contributed by atoms with Gasteiger partial charge in [0, 0.05) is 12.6 Å². The predicted octanol–water partition coefficient (Wildman–Crippen LogP) is 0.366. The van der Waals surface area contributed by atoms with Crippen molar-refractivity contribution >= 4 is 21.5 Å². The number of rotatable bonds is 3. The zero-order chi connectivity index (χ0) is 11.6. The van der Waals surface area contributed by atoms with Crippen LogP contribution in [0.3, 0.4) is 0 Å². The Morgan fingerprint density at radius 1 is 1.40 bits per heavy atom. The molecule has 0 saturated carbocycles. The Balaban J connectivity index is 3.32. The summed E-state index contributed by atoms with van der Waals surface area (Å²) in [6, 6.07) is 6.62. The van der Waals surface area contributed by atoms with Crippen LogP contribution in [0.2, 0.25) is 0 Å². The number of nitrogens with zero attached hydrogens (tertiary/aromatic N) is 1. The standard InChI is InChI=1S/C9H13N3O2S/c1-12(15(2,13)14)8-6-4-3-5-7(8)9(10)11/h3-6H,1-2H3,(H3,10,11). The van der Waals surface area contributed by atoms with Gasteiger partial charge in [-0.25, -0.2) is 8.42 Å². The summed E-state index contributed by atoms with van der Waals surface area (Å²) in [6.07, 6.45) is 1.10. The van der Waals surface area contributed by atoms with Crippen LogP contribution in [0.25, 0.3) is 0 Å². The number of hydrogen-bond acceptors (Lipinski definition) is 3. The molecule has 0 aliphatic carbocycles. The van der Waals surface area contributed by atoms with Gasteiger partial charge in [0.2, 0.25) is 10.0 Å². The highest BCUT2D eigenvalue weighted by Crippen LogP contribution is 2.20. The van der Waals surface area contributed by atoms with E-state index in [0.29, 0.717) is 11.3 Å². The van der Waals surface area contributed by atoms with Gasteiger partial charge < -0.3 is 5.73 Å². The molecule has 0 spiro atoms. The summed E-state index contributed by atoms with van der Waals surface area (Å²) < 4.78 is 23.7. The summed E-state index contributed by atoms with van der Waals surface area (Å²) in [6.45, 7) is 0. The lowest BCUT2D eigenvalue weighted by Gasteiger charge is -2.19. The van der Waals surface area contributed by atoms with Gasteiger partial charge in [0.25, 0.3) is 0 Å². The molecule has 0 aliphatic heterocycles. The first-order valence-corrected chi connectivity index (χ1v) is 6.06. The maximum absolute atomic E-state index is 11.3. The van der Waals surface area contributed by atoms with Crippen molar-refractivity contribution in [3.63, 3.8) is 0 Å². The van der Waals surface area contributed by atoms with Crippen LogP contribution < -0.4 is 10.0 Å². The van der Waals surface area contributed by atoms with Crippen molar-refractivity contribution in [2.75, 3.05) is 17.6 Å². The van der Waals surface area contributed by atoms with Crippen LogP contribution in [0, 0.1) is 5.41 Å². The Labute approximate surface area is 89.1 Å². The lowest BCUT2D eigenvalue weighted by atomic mass is 10.1. The van der Waals surface area contributed by atoms with E-state index in [-0.39, 0.29) is 5.84 Å². The largest absolute Gasteiger partial charge is 0.384 e. The molecule has 0 unspecified atom stereocenters. The summed E-state index contributed by atoms with van der Waals surface area (Å²) in [5.74, 6) is -0.152. The van der Waals surface area contributed by atoms with Gasteiger partial charge >= 0.3 is 0 Å². The number of nitrogens with two attached hydrogens (primary N) is 1. The molecule has 82 valence electrons. The Morgan fingerprint density at radius 3 is 2.40 bits per heavy atom. The van der Waals surface area contributed by atoms with Crippen LogP contribution >= 0.6 is 0 Å². The fourth-order valence-electron chi connectivity index (χ4n) is 1.15. The second kappa shape index (κ2) is 3.90. The van der Waals surface area contributed by atoms with E-state index >= 15 is 0 Å². The number of anilines is 1. The van der Waals surface area contributed by atoms with E-state index in [1.54, 1.807) is 24.3 Å². The average molecular weight is 227 g/mol. The van der Waals surface area contributed by atoms with Gasteiger partial charge in [0.15, 0.2) is 0 Å². The predicted molar refractivity (Wildman–Crippen MR) is 60.7 cm³/mol. The molecule has 5 nitrogen and oxygen atoms in total. The van der Waals surface area contributed by atoms with Crippen LogP contribution in [-0.4, -0.2) is 27.6 Å². The van der Waals surface area contributed by atoms with Crippen LogP contribution in [0.4, 0.5) is 5.69 Å². The van der Waals surface area contributed by atoms with Crippen molar-refractivity contribution in [2.24, 2.45) is 5.73 Å². The quantitative estimate of drug-likeness (QED) is 0.577. The fraction of sp³-hybridized carbons (Fsp3) is 0.222. The van der Waals surface area contributed by atoms with E-state index in [4.69, 9.17) is 11.1 Å². The molecule has 0 saturated heterocycles. The summed E-state index contributed by atoms with van der Waals surface area (Å²) in [7, 11) is -1.90. The molecular formula is C9H13N3O2S. The molecule has 6 heteroatoms. The van der Waals surface area contributed by atoms with Gasteiger partial charge in [-0.3, -0.25) is 9.71 Å². The van der Waals surface area contributed by atoms with E-state index < -0.39 is 10.0 Å². The molecule has 0 bridgehead atoms. The molecule has 1 aromatic carbocycles. The van der Waals surface area contributed by atoms with Gasteiger partial charge in [0.1, 0.15) is 5.84 Å². The van der Waals surface area contributed by atoms with E-state index in [1.807, 2.05) is 0 Å². The van der Waals surface area contributed by atoms with Gasteiger partial charge in [-0.05, 0) is 12.1 Å². The Kier molecular flexibility index (Phi) is 2.99. The lowest BCUT2D eigenvalue weighted by molar-refractivity contribution is 0.600. The number of para-hydroxylation sites is 1. The smallest absolute Gasteiger partial charge is 0.232 e. The molecule has 0 aliphatic rings. The lowest BCUT2D eigenvalue weighted by Crippen LogP contribution is -2.27. The Hall–Kier alpha value is -1.56. The van der Waals surface area contributed by atoms with Crippen molar-refractivity contribution < 1.29 is 8.42 Å². The van der Waals surface area contributed by atoms with Gasteiger partial charge in [-0.2, -0.15) is 0 Å². The normalized spacial score (nSPS) is 11.1. The minimum absolute atomic E-state index is 0.152. The van der Waals surface area contributed by atoms with Gasteiger partial charge in [0.05, 0.1) is 11.9 Å². The highest BCUT2D eigenvalue weighted by Gasteiger charge is 2.16. The monoisotopic (exact) mass is 227 g/mol. The molecule has 0 heterocycles. The van der Waals surface area contributed by atoms with Gasteiger partial charge in [-0.1, -0.05) is 12.1 Å². The molecule has 0 aromatic heterocycles. The summed E-state index contributed by atoms with van der Waals surface area (Å²) in [5.41, 5.74) is 6.17. The summed E-state index contributed by atoms with van der Waals surface area (Å²) in [4.78, 5) is 0. The first-order chi connectivity index (χ1) is 6.84. The minimum atomic E-state index is -3.33. The van der Waals surface area contributed by atoms with E-state index in [2.05, 4.69) is 0 Å². The zero-order valence-corrected chi connectivity index (χ0v) is 9.38. The summed E-state index contributed by atoms with van der Waals surface area (Å²) in [5, 5.41) is 7.33. The molecular weight excluding hydrogens is 214 g/mol. The van der Waals surface area contributed by atoms with Crippen molar-refractivity contribution in [1.29, 1.82) is 5.41 Å². The molecule has 15 heavy (non-hydrogen) atoms. The Morgan fingerprint density at radius 2 is 1.93 bits per heavy atom. The third kappa shape index (κ3) is 2.47. The molecule has 0 radical (unpaired) electrons. The van der Waals surface area contributed by atoms with E-state index in [9.17, 15) is 8.42 Å². The molecule has 0 amide bonds. The van der Waals surface area contributed by atoms with Crippen LogP contribution in [0.15, 0.2) is 24.3 Å². The van der Waals surface area contributed by atoms with Gasteiger partial charge in [-0.15, -0.1) is 0 Å². The van der Waals surface area contributed by atoms with Crippen LogP contribution in [-0.2, 0) is 10.0 Å². The fourth-order valence-corrected chi connectivity index (χ4v) is 1.67. The second-order valence-corrected chi connectivity index (χ2v) is 5.18. The molecule has 1 aromatic rings. The Bertz CT molecular complexity index is 482. The SMILES string of the molecule is CN(c1ccccc1C(=N)N)S(C)(=O)=O. The van der Waals surface area contributed by atoms with Crippen molar-refractivity contribution in [1.82, 2.24) is 0 Å². The highest BCUT2D eigenvalue weighted by atomic mass is 32.2. The molecule has 3 N–H and O–H groups in total. The topological polar surface area (TPSA) is 87.2 Å². The minimum Gasteiger partial charge on any atom is -0.384 e. The second-order valence-electron chi connectivity index (χ2n) is 3.16. The number of hydrogen-bond donors (Lipinski definition) is 2. The third-order valence-corrected chi connectivity index (χ3v) is 3.22. The first-order valence-electron chi connectivity index (χ1n) is 4.21. The molecule has 0 fully saturated rings. The number of amidine groups is 1. The molecule has 0 atom stereocenters. The number of nitrogen functional groups attached to an aromatic ring is 1. The maximum Gasteiger partial charge on any atom is 0.232 e. The maximum atomic E-state index is 11.3. The molecule has 1 rings (SSSR count). The zero-order valence-electron chi connectivity index (χ0n) is 8.56. The summed E-state index contributed by atoms with van der Waals surface area (Å²) >= 11 is 0. The first kappa shape index (κ1) is 11.5. The number of nitrogens with one attached hydrogen (secondary N) is 1. The average Bonchev–Trinajstić information content (AvgIpc) is 2.15. The van der Waals surface area contributed by atoms with E-state index in [1.165, 1.54) is 7.05 Å². The number of benzene rings is 1. The van der Waals surface area contributed by atoms with Crippen LogP contribution in [0.1, 0.15) is 5.56 Å². The van der Waals surface area contributed by atoms with E-state index in [0.717, 1.165) is 10.6 Å². The van der Waals surface area contributed by atoms with Crippen molar-refractivity contribution in [3.05, 3.63) is 29.8 Å². The van der Waals surface area contributed by atoms with Crippen molar-refractivity contribution in [2.45, 2.75) is 0 Å². The van der Waals surface area contributed by atoms with Crippen LogP contribution in [0.5, 0.6) is 0 Å². The number of sulfonamides is 1.